The third kappa shape index (κ3) is 4.83. The summed E-state index contributed by atoms with van der Waals surface area (Å²) in [6.07, 6.45) is -1.90. The van der Waals surface area contributed by atoms with Crippen LogP contribution in [-0.2, 0) is 0 Å². The van der Waals surface area contributed by atoms with Crippen molar-refractivity contribution in [1.82, 2.24) is 0 Å². The van der Waals surface area contributed by atoms with Gasteiger partial charge >= 0.3 is 0 Å². The summed E-state index contributed by atoms with van der Waals surface area (Å²) in [5, 5.41) is 74.9. The molecule has 8 N–H and O–H groups in total. The van der Waals surface area contributed by atoms with E-state index in [-0.39, 0.29) is 19.3 Å². The highest BCUT2D eigenvalue weighted by Gasteiger charge is 2.38. The van der Waals surface area contributed by atoms with Crippen molar-refractivity contribution in [3.63, 3.8) is 0 Å². The molecule has 0 heterocycles. The third-order valence-electron chi connectivity index (χ3n) is 4.26. The largest absolute Gasteiger partial charge is 0.396 e. The fraction of sp³-hybridized carbons (Fsp3) is 1.00. The van der Waals surface area contributed by atoms with E-state index in [0.29, 0.717) is 0 Å². The molecule has 0 fully saturated rings. The van der Waals surface area contributed by atoms with Crippen LogP contribution in [0.3, 0.4) is 0 Å². The van der Waals surface area contributed by atoms with Crippen LogP contribution in [0.25, 0.3) is 0 Å². The molecule has 8 nitrogen and oxygen atoms in total. The minimum Gasteiger partial charge on any atom is -0.396 e. The first kappa shape index (κ1) is 20.7. The van der Waals surface area contributed by atoms with Gasteiger partial charge in [0.05, 0.1) is 62.7 Å². The average Bonchev–Trinajstić information content (AvgIpc) is 2.52. The Labute approximate surface area is 123 Å². The summed E-state index contributed by atoms with van der Waals surface area (Å²) < 4.78 is 0. The van der Waals surface area contributed by atoms with E-state index in [2.05, 4.69) is 0 Å². The molecule has 128 valence electrons. The zero-order chi connectivity index (χ0) is 16.5. The van der Waals surface area contributed by atoms with Crippen LogP contribution in [0.5, 0.6) is 0 Å². The van der Waals surface area contributed by atoms with E-state index in [1.54, 1.807) is 0 Å². The van der Waals surface area contributed by atoms with Gasteiger partial charge in [-0.3, -0.25) is 0 Å². The van der Waals surface area contributed by atoms with Crippen LogP contribution in [0.1, 0.15) is 19.3 Å². The van der Waals surface area contributed by atoms with Gasteiger partial charge in [0.2, 0.25) is 0 Å². The van der Waals surface area contributed by atoms with Crippen molar-refractivity contribution in [3.05, 3.63) is 0 Å². The summed E-state index contributed by atoms with van der Waals surface area (Å²) in [7, 11) is 0. The van der Waals surface area contributed by atoms with Crippen LogP contribution in [0.2, 0.25) is 0 Å². The van der Waals surface area contributed by atoms with Crippen LogP contribution in [0.4, 0.5) is 0 Å². The summed E-state index contributed by atoms with van der Waals surface area (Å²) in [5.41, 5.74) is -2.82. The van der Waals surface area contributed by atoms with Gasteiger partial charge in [-0.25, -0.2) is 0 Å². The Balaban J connectivity index is 4.48. The number of aliphatic hydroxyl groups is 8. The molecule has 0 bridgehead atoms. The van der Waals surface area contributed by atoms with E-state index in [0.717, 1.165) is 0 Å². The maximum absolute atomic E-state index is 9.94. The average molecular weight is 312 g/mol. The van der Waals surface area contributed by atoms with Gasteiger partial charge in [0.25, 0.3) is 0 Å². The Morgan fingerprint density at radius 2 is 0.762 bits per heavy atom. The molecule has 0 saturated carbocycles. The zero-order valence-electron chi connectivity index (χ0n) is 12.1. The maximum Gasteiger partial charge on any atom is 0.0662 e. The predicted molar refractivity (Wildman–Crippen MR) is 73.2 cm³/mol. The molecule has 0 aromatic rings. The molecule has 0 spiro atoms. The van der Waals surface area contributed by atoms with Crippen molar-refractivity contribution in [2.24, 2.45) is 10.8 Å². The molecule has 8 heteroatoms. The van der Waals surface area contributed by atoms with Crippen molar-refractivity contribution in [3.8, 4) is 0 Å². The molecule has 0 rings (SSSR count). The van der Waals surface area contributed by atoms with Crippen LogP contribution in [0, 0.1) is 10.8 Å². The molecule has 0 aliphatic rings. The molecule has 21 heavy (non-hydrogen) atoms. The number of rotatable bonds is 12. The first-order valence-electron chi connectivity index (χ1n) is 6.93. The topological polar surface area (TPSA) is 162 Å². The van der Waals surface area contributed by atoms with Crippen molar-refractivity contribution in [1.29, 1.82) is 0 Å². The lowest BCUT2D eigenvalue weighted by Crippen LogP contribution is -2.46. The summed E-state index contributed by atoms with van der Waals surface area (Å²) in [4.78, 5) is 0. The predicted octanol–water partition coefficient (Wildman–Crippen LogP) is -3.19. The smallest absolute Gasteiger partial charge is 0.0662 e. The summed E-state index contributed by atoms with van der Waals surface area (Å²) in [6.45, 7) is -3.51. The van der Waals surface area contributed by atoms with Crippen LogP contribution in [-0.4, -0.2) is 92.7 Å². The fourth-order valence-corrected chi connectivity index (χ4v) is 2.05. The third-order valence-corrected chi connectivity index (χ3v) is 4.26. The SMILES string of the molecule is OCC(CO)(CO)C(O)CCCC(O)C(CO)(CO)CO. The summed E-state index contributed by atoms with van der Waals surface area (Å²) >= 11 is 0. The normalized spacial score (nSPS) is 16.0. The van der Waals surface area contributed by atoms with Crippen molar-refractivity contribution >= 4 is 0 Å². The fourth-order valence-electron chi connectivity index (χ4n) is 2.05. The van der Waals surface area contributed by atoms with Gasteiger partial charge in [-0.1, -0.05) is 0 Å². The molecular formula is C13H28O8. The highest BCUT2D eigenvalue weighted by molar-refractivity contribution is 4.87. The minimum absolute atomic E-state index is 0.0944. The minimum atomic E-state index is -1.41. The zero-order valence-corrected chi connectivity index (χ0v) is 12.1. The second-order valence-electron chi connectivity index (χ2n) is 5.64. The Morgan fingerprint density at radius 1 is 0.524 bits per heavy atom. The molecule has 0 aliphatic heterocycles. The maximum atomic E-state index is 9.94. The number of hydrogen-bond acceptors (Lipinski definition) is 8. The van der Waals surface area contributed by atoms with E-state index in [1.165, 1.54) is 0 Å². The quantitative estimate of drug-likeness (QED) is 0.187. The highest BCUT2D eigenvalue weighted by atomic mass is 16.3. The number of hydrogen-bond donors (Lipinski definition) is 8. The monoisotopic (exact) mass is 312 g/mol. The van der Waals surface area contributed by atoms with Crippen molar-refractivity contribution < 1.29 is 40.9 Å². The van der Waals surface area contributed by atoms with Gasteiger partial charge in [0, 0.05) is 0 Å². The van der Waals surface area contributed by atoms with Gasteiger partial charge in [0.1, 0.15) is 0 Å². The van der Waals surface area contributed by atoms with E-state index in [9.17, 15) is 40.9 Å². The first-order chi connectivity index (χ1) is 9.91. The van der Waals surface area contributed by atoms with Gasteiger partial charge in [-0.05, 0) is 19.3 Å². The van der Waals surface area contributed by atoms with E-state index < -0.39 is 62.7 Å². The van der Waals surface area contributed by atoms with Crippen LogP contribution in [0.15, 0.2) is 0 Å². The molecule has 2 unspecified atom stereocenters. The standard InChI is InChI=1S/C13H28O8/c14-4-12(5-15,6-16)10(20)2-1-3-11(21)13(7-17,8-18)9-19/h10-11,14-21H,1-9H2. The van der Waals surface area contributed by atoms with E-state index in [1.807, 2.05) is 0 Å². The highest BCUT2D eigenvalue weighted by Crippen LogP contribution is 2.28. The number of aliphatic hydroxyl groups excluding tert-OH is 8. The molecule has 2 atom stereocenters. The Kier molecular flexibility index (Phi) is 9.50. The molecule has 0 aromatic heterocycles. The first-order valence-corrected chi connectivity index (χ1v) is 6.93. The lowest BCUT2D eigenvalue weighted by molar-refractivity contribution is -0.0965. The van der Waals surface area contributed by atoms with Crippen molar-refractivity contribution in [2.45, 2.75) is 31.5 Å². The molecular weight excluding hydrogens is 284 g/mol. The second kappa shape index (κ2) is 9.65. The lowest BCUT2D eigenvalue weighted by atomic mass is 9.79. The molecule has 0 radical (unpaired) electrons. The Hall–Kier alpha value is -0.320. The molecule has 0 amide bonds. The Morgan fingerprint density at radius 3 is 0.952 bits per heavy atom. The van der Waals surface area contributed by atoms with E-state index >= 15 is 0 Å². The van der Waals surface area contributed by atoms with Crippen LogP contribution >= 0.6 is 0 Å². The molecule has 0 aromatic carbocycles. The van der Waals surface area contributed by atoms with Crippen LogP contribution < -0.4 is 0 Å². The van der Waals surface area contributed by atoms with Gasteiger partial charge in [-0.2, -0.15) is 0 Å². The summed E-state index contributed by atoms with van der Waals surface area (Å²) in [6, 6.07) is 0. The van der Waals surface area contributed by atoms with Gasteiger partial charge < -0.3 is 40.9 Å². The van der Waals surface area contributed by atoms with Crippen molar-refractivity contribution in [2.75, 3.05) is 39.6 Å². The Bertz CT molecular complexity index is 222. The molecule has 0 aliphatic carbocycles. The second-order valence-corrected chi connectivity index (χ2v) is 5.64. The molecule has 0 saturated heterocycles. The lowest BCUT2D eigenvalue weighted by Gasteiger charge is -2.35. The van der Waals surface area contributed by atoms with E-state index in [4.69, 9.17) is 0 Å². The van der Waals surface area contributed by atoms with Gasteiger partial charge in [0.15, 0.2) is 0 Å². The summed E-state index contributed by atoms with van der Waals surface area (Å²) in [5.74, 6) is 0. The van der Waals surface area contributed by atoms with Gasteiger partial charge in [-0.15, -0.1) is 0 Å².